The Morgan fingerprint density at radius 2 is 2.44 bits per heavy atom. The number of halogens is 1. The van der Waals surface area contributed by atoms with E-state index in [1.165, 1.54) is 6.92 Å². The molecule has 0 fully saturated rings. The number of allylic oxidation sites excluding steroid dienone is 3. The maximum absolute atomic E-state index is 12.0. The van der Waals surface area contributed by atoms with Gasteiger partial charge in [-0.1, -0.05) is 46.9 Å². The molecule has 5 heteroatoms. The van der Waals surface area contributed by atoms with Gasteiger partial charge in [0.2, 0.25) is 5.91 Å². The van der Waals surface area contributed by atoms with E-state index in [2.05, 4.69) is 5.32 Å². The second-order valence-electron chi connectivity index (χ2n) is 3.91. The average molecular weight is 332 g/mol. The second kappa shape index (κ2) is 4.97. The molecular weight excluding hydrogens is 319 g/mol. The van der Waals surface area contributed by atoms with Crippen LogP contribution >= 0.6 is 22.6 Å². The summed E-state index contributed by atoms with van der Waals surface area (Å²) < 4.78 is -0.667. The van der Waals surface area contributed by atoms with Crippen LogP contribution in [0.25, 0.3) is 0 Å². The summed E-state index contributed by atoms with van der Waals surface area (Å²) in [6.45, 7) is 1.09. The summed E-state index contributed by atoms with van der Waals surface area (Å²) in [6, 6.07) is 1.89. The highest BCUT2D eigenvalue weighted by Crippen LogP contribution is 2.29. The van der Waals surface area contributed by atoms with Gasteiger partial charge in [-0.3, -0.25) is 4.79 Å². The summed E-state index contributed by atoms with van der Waals surface area (Å²) >= 11 is 2.05. The number of alkyl halides is 1. The largest absolute Gasteiger partial charge is 0.393 e. The van der Waals surface area contributed by atoms with Crippen LogP contribution in [0.4, 0.5) is 0 Å². The molecule has 1 aliphatic rings. The van der Waals surface area contributed by atoms with E-state index in [-0.39, 0.29) is 5.91 Å². The molecule has 0 spiro atoms. The van der Waals surface area contributed by atoms with E-state index in [1.54, 1.807) is 12.2 Å². The van der Waals surface area contributed by atoms with E-state index in [1.807, 2.05) is 40.8 Å². The molecule has 0 bridgehead atoms. The zero-order valence-electron chi connectivity index (χ0n) is 8.90. The quantitative estimate of drug-likeness (QED) is 0.600. The Morgan fingerprint density at radius 3 is 2.88 bits per heavy atom. The van der Waals surface area contributed by atoms with Gasteiger partial charge in [0.05, 0.1) is 12.7 Å². The number of carbonyl (C=O) groups is 1. The number of nitriles is 1. The van der Waals surface area contributed by atoms with Crippen LogP contribution in [0.2, 0.25) is 0 Å². The van der Waals surface area contributed by atoms with Gasteiger partial charge in [0.25, 0.3) is 0 Å². The minimum atomic E-state index is -1.22. The monoisotopic (exact) mass is 332 g/mol. The molecule has 2 atom stereocenters. The van der Waals surface area contributed by atoms with Gasteiger partial charge in [-0.25, -0.2) is 0 Å². The Hall–Kier alpha value is -0.870. The van der Waals surface area contributed by atoms with Crippen LogP contribution in [0.15, 0.2) is 24.3 Å². The molecule has 4 nitrogen and oxygen atoms in total. The van der Waals surface area contributed by atoms with Crippen molar-refractivity contribution in [2.24, 2.45) is 0 Å². The minimum absolute atomic E-state index is 0.258. The molecule has 86 valence electrons. The van der Waals surface area contributed by atoms with E-state index >= 15 is 0 Å². The van der Waals surface area contributed by atoms with Gasteiger partial charge in [-0.2, -0.15) is 5.26 Å². The highest BCUT2D eigenvalue weighted by molar-refractivity contribution is 14.1. The van der Waals surface area contributed by atoms with Gasteiger partial charge in [0, 0.05) is 0 Å². The van der Waals surface area contributed by atoms with Crippen molar-refractivity contribution in [3.05, 3.63) is 24.3 Å². The smallest absolute Gasteiger partial charge is 0.241 e. The lowest BCUT2D eigenvalue weighted by molar-refractivity contribution is -0.123. The highest BCUT2D eigenvalue weighted by Gasteiger charge is 2.37. The van der Waals surface area contributed by atoms with Gasteiger partial charge in [-0.15, -0.1) is 0 Å². The summed E-state index contributed by atoms with van der Waals surface area (Å²) in [5.41, 5.74) is -1.22. The first-order chi connectivity index (χ1) is 7.46. The molecule has 0 aromatic heterocycles. The van der Waals surface area contributed by atoms with Gasteiger partial charge < -0.3 is 10.4 Å². The van der Waals surface area contributed by atoms with Crippen molar-refractivity contribution in [2.45, 2.75) is 22.3 Å². The number of hydrogen-bond acceptors (Lipinski definition) is 3. The van der Waals surface area contributed by atoms with Gasteiger partial charge in [0.15, 0.2) is 0 Å². The van der Waals surface area contributed by atoms with Crippen molar-refractivity contribution < 1.29 is 9.90 Å². The number of aliphatic hydroxyl groups excluding tert-OH is 1. The first kappa shape index (κ1) is 13.2. The molecule has 1 rings (SSSR count). The molecular formula is C11H13IN2O2. The zero-order valence-corrected chi connectivity index (χ0v) is 11.1. The molecule has 0 radical (unpaired) electrons. The van der Waals surface area contributed by atoms with Crippen LogP contribution in [0.3, 0.4) is 0 Å². The number of aliphatic hydroxyl groups is 1. The van der Waals surface area contributed by atoms with Crippen molar-refractivity contribution in [1.29, 1.82) is 5.26 Å². The Kier molecular flexibility index (Phi) is 4.10. The van der Waals surface area contributed by atoms with Crippen molar-refractivity contribution in [2.75, 3.05) is 6.61 Å². The van der Waals surface area contributed by atoms with Crippen LogP contribution < -0.4 is 5.32 Å². The molecule has 0 saturated carbocycles. The third-order valence-corrected chi connectivity index (χ3v) is 3.64. The molecule has 0 aliphatic heterocycles. The second-order valence-corrected chi connectivity index (χ2v) is 5.83. The molecule has 0 heterocycles. The number of hydrogen-bond donors (Lipinski definition) is 2. The van der Waals surface area contributed by atoms with Crippen LogP contribution in [0.1, 0.15) is 13.3 Å². The lowest BCUT2D eigenvalue weighted by Gasteiger charge is -2.28. The summed E-state index contributed by atoms with van der Waals surface area (Å²) in [7, 11) is 0. The topological polar surface area (TPSA) is 73.1 Å². The lowest BCUT2D eigenvalue weighted by atomic mass is 9.97. The summed E-state index contributed by atoms with van der Waals surface area (Å²) in [5, 5.41) is 20.5. The van der Waals surface area contributed by atoms with Crippen LogP contribution in [-0.2, 0) is 4.79 Å². The van der Waals surface area contributed by atoms with Gasteiger partial charge in [0.1, 0.15) is 8.96 Å². The van der Waals surface area contributed by atoms with Crippen molar-refractivity contribution in [1.82, 2.24) is 5.32 Å². The standard InChI is InChI=1S/C11H13IN2O2/c1-10(7-13,8-15)14-9(16)11(12)5-3-2-4-6-11/h2-5,15H,6,8H2,1H3,(H,14,16). The van der Waals surface area contributed by atoms with Crippen LogP contribution in [-0.4, -0.2) is 26.6 Å². The third kappa shape index (κ3) is 2.83. The summed E-state index contributed by atoms with van der Waals surface area (Å²) in [6.07, 6.45) is 7.95. The Labute approximate surface area is 108 Å². The molecule has 2 N–H and O–H groups in total. The maximum Gasteiger partial charge on any atom is 0.241 e. The molecule has 16 heavy (non-hydrogen) atoms. The van der Waals surface area contributed by atoms with Crippen LogP contribution in [0, 0.1) is 11.3 Å². The minimum Gasteiger partial charge on any atom is -0.393 e. The Morgan fingerprint density at radius 1 is 1.75 bits per heavy atom. The van der Waals surface area contributed by atoms with Crippen molar-refractivity contribution in [3.8, 4) is 6.07 Å². The van der Waals surface area contributed by atoms with E-state index in [0.717, 1.165) is 0 Å². The zero-order chi connectivity index (χ0) is 12.2. The summed E-state index contributed by atoms with van der Waals surface area (Å²) in [5.74, 6) is -0.258. The SMILES string of the molecule is CC(C#N)(CO)NC(=O)C1(I)C=CC=CC1. The normalized spacial score (nSPS) is 26.9. The molecule has 1 aliphatic carbocycles. The van der Waals surface area contributed by atoms with Crippen LogP contribution in [0.5, 0.6) is 0 Å². The first-order valence-electron chi connectivity index (χ1n) is 4.84. The maximum atomic E-state index is 12.0. The third-order valence-electron chi connectivity index (χ3n) is 2.35. The number of nitrogens with zero attached hydrogens (tertiary/aromatic N) is 1. The molecule has 1 amide bonds. The van der Waals surface area contributed by atoms with Gasteiger partial charge in [-0.05, 0) is 13.3 Å². The lowest BCUT2D eigenvalue weighted by Crippen LogP contribution is -2.53. The fraction of sp³-hybridized carbons (Fsp3) is 0.455. The summed E-state index contributed by atoms with van der Waals surface area (Å²) in [4.78, 5) is 12.0. The molecule has 0 aromatic carbocycles. The van der Waals surface area contributed by atoms with E-state index in [9.17, 15) is 4.79 Å². The van der Waals surface area contributed by atoms with Crippen molar-refractivity contribution in [3.63, 3.8) is 0 Å². The van der Waals surface area contributed by atoms with E-state index in [0.29, 0.717) is 6.42 Å². The van der Waals surface area contributed by atoms with E-state index in [4.69, 9.17) is 10.4 Å². The Bertz CT molecular complexity index is 386. The first-order valence-corrected chi connectivity index (χ1v) is 5.92. The Balaban J connectivity index is 2.77. The molecule has 0 saturated heterocycles. The highest BCUT2D eigenvalue weighted by atomic mass is 127. The fourth-order valence-electron chi connectivity index (χ4n) is 1.22. The number of amides is 1. The van der Waals surface area contributed by atoms with Gasteiger partial charge >= 0.3 is 0 Å². The number of carbonyl (C=O) groups excluding carboxylic acids is 1. The van der Waals surface area contributed by atoms with E-state index < -0.39 is 15.6 Å². The predicted molar refractivity (Wildman–Crippen MR) is 68.9 cm³/mol. The number of nitrogens with one attached hydrogen (secondary N) is 1. The average Bonchev–Trinajstić information content (AvgIpc) is 2.30. The molecule has 0 aromatic rings. The number of rotatable bonds is 3. The fourth-order valence-corrected chi connectivity index (χ4v) is 1.82. The van der Waals surface area contributed by atoms with Crippen molar-refractivity contribution >= 4 is 28.5 Å². The molecule has 2 unspecified atom stereocenters. The predicted octanol–water partition coefficient (Wildman–Crippen LogP) is 1.07.